The number of para-hydroxylation sites is 2. The van der Waals surface area contributed by atoms with E-state index < -0.39 is 42.1 Å². The number of hydrogen-bond donors (Lipinski definition) is 4. The summed E-state index contributed by atoms with van der Waals surface area (Å²) in [6.45, 7) is 3.20. The van der Waals surface area contributed by atoms with Crippen molar-refractivity contribution in [3.8, 4) is 0 Å². The quantitative estimate of drug-likeness (QED) is 0.0911. The van der Waals surface area contributed by atoms with Gasteiger partial charge in [0, 0.05) is 32.9 Å². The number of nitrogens with two attached hydrogens (primary N) is 2. The molecule has 4 heterocycles. The van der Waals surface area contributed by atoms with E-state index in [0.717, 1.165) is 45.4 Å². The van der Waals surface area contributed by atoms with E-state index in [1.165, 1.54) is 4.57 Å². The van der Waals surface area contributed by atoms with Gasteiger partial charge in [-0.15, -0.1) is 0 Å². The van der Waals surface area contributed by atoms with Crippen LogP contribution in [-0.2, 0) is 72.8 Å². The molecule has 312 valence electrons. The van der Waals surface area contributed by atoms with Crippen LogP contribution in [0.1, 0.15) is 79.3 Å². The van der Waals surface area contributed by atoms with Crippen molar-refractivity contribution < 1.29 is 33.4 Å². The zero-order chi connectivity index (χ0) is 41.8. The van der Waals surface area contributed by atoms with Gasteiger partial charge in [-0.3, -0.25) is 43.3 Å². The summed E-state index contributed by atoms with van der Waals surface area (Å²) in [7, 11) is 1.70. The second-order valence-corrected chi connectivity index (χ2v) is 15.9. The second kappa shape index (κ2) is 18.1. The summed E-state index contributed by atoms with van der Waals surface area (Å²) in [6.07, 6.45) is 4.08. The Morgan fingerprint density at radius 3 is 2.44 bits per heavy atom. The molecule has 5 atom stereocenters. The van der Waals surface area contributed by atoms with Crippen molar-refractivity contribution in [2.75, 3.05) is 18.1 Å². The number of benzene rings is 3. The first-order chi connectivity index (χ1) is 28.4. The fourth-order valence-corrected chi connectivity index (χ4v) is 8.62. The van der Waals surface area contributed by atoms with Crippen molar-refractivity contribution in [2.45, 2.75) is 108 Å². The Morgan fingerprint density at radius 2 is 1.68 bits per heavy atom. The highest BCUT2D eigenvalue weighted by Crippen LogP contribution is 2.39. The number of amides is 5. The number of rotatable bonds is 17. The van der Waals surface area contributed by atoms with Gasteiger partial charge in [0.2, 0.25) is 29.5 Å². The topological polar surface area (TPSA) is 210 Å². The summed E-state index contributed by atoms with van der Waals surface area (Å²) in [5.41, 5.74) is 18.7. The minimum Gasteiger partial charge on any atom is -0.381 e. The van der Waals surface area contributed by atoms with Crippen molar-refractivity contribution in [3.05, 3.63) is 99.0 Å². The Kier molecular flexibility index (Phi) is 12.7. The van der Waals surface area contributed by atoms with E-state index in [2.05, 4.69) is 10.6 Å². The molecule has 0 saturated carbocycles. The van der Waals surface area contributed by atoms with Crippen LogP contribution in [0.3, 0.4) is 0 Å². The van der Waals surface area contributed by atoms with E-state index in [-0.39, 0.29) is 55.7 Å². The number of aryl methyl sites for hydroxylation is 3. The number of nitrogens with zero attached hydrogens (tertiary/aromatic N) is 3. The van der Waals surface area contributed by atoms with Crippen LogP contribution < -0.4 is 32.7 Å². The van der Waals surface area contributed by atoms with Gasteiger partial charge in [-0.05, 0) is 85.8 Å². The van der Waals surface area contributed by atoms with Crippen LogP contribution in [-0.4, -0.2) is 76.1 Å². The van der Waals surface area contributed by atoms with Gasteiger partial charge in [0.25, 0.3) is 0 Å². The molecule has 15 heteroatoms. The zero-order valence-electron chi connectivity index (χ0n) is 33.6. The molecule has 0 aliphatic carbocycles. The van der Waals surface area contributed by atoms with Crippen molar-refractivity contribution in [2.24, 2.45) is 18.5 Å². The lowest BCUT2D eigenvalue weighted by Crippen LogP contribution is -2.55. The molecular weight excluding hydrogens is 755 g/mol. The summed E-state index contributed by atoms with van der Waals surface area (Å²) in [5, 5.41) is 5.43. The maximum absolute atomic E-state index is 13.8. The van der Waals surface area contributed by atoms with E-state index in [1.807, 2.05) is 67.6 Å². The molecular formula is C44H53N7O8. The molecule has 5 amide bonds. The molecule has 0 bridgehead atoms. The third kappa shape index (κ3) is 9.02. The number of carbonyl (C=O) groups is 5. The first-order valence-corrected chi connectivity index (χ1v) is 20.5. The van der Waals surface area contributed by atoms with E-state index >= 15 is 0 Å². The molecule has 7 rings (SSSR count). The summed E-state index contributed by atoms with van der Waals surface area (Å²) in [5.74, 6) is -1.84. The number of piperidine rings is 1. The van der Waals surface area contributed by atoms with Gasteiger partial charge in [0.15, 0.2) is 0 Å². The van der Waals surface area contributed by atoms with Gasteiger partial charge < -0.3 is 26.3 Å². The first-order valence-electron chi connectivity index (χ1n) is 20.5. The summed E-state index contributed by atoms with van der Waals surface area (Å²) >= 11 is 0. The molecule has 0 spiro atoms. The third-order valence-electron chi connectivity index (χ3n) is 11.9. The number of carbonyl (C=O) groups excluding carboxylic acids is 5. The number of imidazole rings is 1. The van der Waals surface area contributed by atoms with Crippen LogP contribution in [0.4, 0.5) is 5.69 Å². The minimum atomic E-state index is -0.749. The Hall–Kier alpha value is -5.64. The smallest absolute Gasteiger partial charge is 0.329 e. The summed E-state index contributed by atoms with van der Waals surface area (Å²) in [4.78, 5) is 78.0. The standard InChI is InChI=1S/C44H53N7O8/c1-26(33(17-19-37(46)52)47-42(55)36-24-31-8-3-6-30-15-16-32(45)43(56)51(36)39(30)31)59-25-28-13-11-27(12-14-28)21-23-58-22-5-9-29-7-4-10-34-40(29)49(2)44(57)50(34)35-18-20-38(53)48-41(35)54/h3-4,6-8,10-14,26,32-33,35-36H,5,9,15-25,45H2,1-2H3,(H2,46,52)(H,47,55)(H,48,53,54)/t26-,32+,33+,35?,36+/m1/s1. The van der Waals surface area contributed by atoms with E-state index in [1.54, 1.807) is 16.5 Å². The highest BCUT2D eigenvalue weighted by atomic mass is 16.5. The number of nitrogens with one attached hydrogen (secondary N) is 2. The van der Waals surface area contributed by atoms with Gasteiger partial charge >= 0.3 is 5.69 Å². The fraction of sp³-hybridized carbons (Fsp3) is 0.455. The predicted molar refractivity (Wildman–Crippen MR) is 220 cm³/mol. The van der Waals surface area contributed by atoms with Crippen molar-refractivity contribution >= 4 is 46.3 Å². The monoisotopic (exact) mass is 807 g/mol. The molecule has 3 aliphatic rings. The lowest BCUT2D eigenvalue weighted by atomic mass is 10.0. The summed E-state index contributed by atoms with van der Waals surface area (Å²) in [6, 6.07) is 16.9. The number of anilines is 1. The molecule has 15 nitrogen and oxygen atoms in total. The van der Waals surface area contributed by atoms with Crippen LogP contribution in [0.25, 0.3) is 11.0 Å². The average Bonchev–Trinajstić information content (AvgIpc) is 3.70. The first kappa shape index (κ1) is 41.5. The highest BCUT2D eigenvalue weighted by Gasteiger charge is 2.43. The number of aromatic nitrogens is 2. The Morgan fingerprint density at radius 1 is 0.932 bits per heavy atom. The van der Waals surface area contributed by atoms with Crippen LogP contribution >= 0.6 is 0 Å². The number of fused-ring (bicyclic) bond motifs is 1. The van der Waals surface area contributed by atoms with Crippen LogP contribution in [0.2, 0.25) is 0 Å². The van der Waals surface area contributed by atoms with Gasteiger partial charge in [-0.25, -0.2) is 4.79 Å². The normalized spacial score (nSPS) is 19.9. The van der Waals surface area contributed by atoms with E-state index in [9.17, 15) is 28.8 Å². The van der Waals surface area contributed by atoms with Gasteiger partial charge in [0.05, 0.1) is 48.1 Å². The minimum absolute atomic E-state index is 0.0653. The van der Waals surface area contributed by atoms with Crippen molar-refractivity contribution in [1.29, 1.82) is 0 Å². The highest BCUT2D eigenvalue weighted by molar-refractivity contribution is 6.07. The second-order valence-electron chi connectivity index (χ2n) is 15.9. The molecule has 3 aliphatic heterocycles. The molecule has 4 aromatic rings. The Labute approximate surface area is 342 Å². The van der Waals surface area contributed by atoms with Crippen molar-refractivity contribution in [1.82, 2.24) is 19.8 Å². The lowest BCUT2D eigenvalue weighted by Gasteiger charge is -2.30. The third-order valence-corrected chi connectivity index (χ3v) is 11.9. The molecule has 3 aromatic carbocycles. The SMILES string of the molecule is C[C@@H](OCc1ccc(CCOCCCc2cccc3c2n(C)c(=O)n3C2CCC(=O)NC2=O)cc1)[C@H](CCC(N)=O)NC(=O)[C@@H]1Cc2cccc3c2N1C(=O)[C@@H](N)CC3. The maximum atomic E-state index is 13.8. The molecule has 1 saturated heterocycles. The van der Waals surface area contributed by atoms with Crippen LogP contribution in [0, 0.1) is 0 Å². The van der Waals surface area contributed by atoms with Gasteiger partial charge in [0.1, 0.15) is 12.1 Å². The summed E-state index contributed by atoms with van der Waals surface area (Å²) < 4.78 is 15.3. The van der Waals surface area contributed by atoms with Crippen LogP contribution in [0.15, 0.2) is 65.5 Å². The van der Waals surface area contributed by atoms with Crippen LogP contribution in [0.5, 0.6) is 0 Å². The predicted octanol–water partition coefficient (Wildman–Crippen LogP) is 2.40. The number of ether oxygens (including phenoxy) is 2. The average molecular weight is 808 g/mol. The molecule has 59 heavy (non-hydrogen) atoms. The van der Waals surface area contributed by atoms with Gasteiger partial charge in [-0.2, -0.15) is 0 Å². The number of hydrogen-bond acceptors (Lipinski definition) is 9. The maximum Gasteiger partial charge on any atom is 0.329 e. The molecule has 6 N–H and O–H groups in total. The van der Waals surface area contributed by atoms with Gasteiger partial charge in [-0.1, -0.05) is 54.6 Å². The van der Waals surface area contributed by atoms with E-state index in [0.29, 0.717) is 50.8 Å². The molecule has 1 unspecified atom stereocenters. The fourth-order valence-electron chi connectivity index (χ4n) is 8.62. The Balaban J connectivity index is 0.880. The molecule has 0 radical (unpaired) electrons. The largest absolute Gasteiger partial charge is 0.381 e. The van der Waals surface area contributed by atoms with Crippen molar-refractivity contribution in [3.63, 3.8) is 0 Å². The lowest BCUT2D eigenvalue weighted by molar-refractivity contribution is -0.135. The Bertz CT molecular complexity index is 2300. The molecule has 1 fully saturated rings. The number of imide groups is 1. The molecule has 1 aromatic heterocycles. The number of primary amides is 1. The van der Waals surface area contributed by atoms with E-state index in [4.69, 9.17) is 20.9 Å². The zero-order valence-corrected chi connectivity index (χ0v) is 33.6.